The molecule has 188 valence electrons. The zero-order valence-electron chi connectivity index (χ0n) is 19.2. The Morgan fingerprint density at radius 1 is 0.912 bits per heavy atom. The van der Waals surface area contributed by atoms with Crippen molar-refractivity contribution in [1.82, 2.24) is 16.0 Å². The van der Waals surface area contributed by atoms with Crippen LogP contribution in [0.5, 0.6) is 0 Å². The number of carboxylic acid groups (broad SMARTS) is 2. The van der Waals surface area contributed by atoms with Crippen molar-refractivity contribution in [3.05, 3.63) is 35.9 Å². The number of amides is 3. The predicted molar refractivity (Wildman–Crippen MR) is 127 cm³/mol. The lowest BCUT2D eigenvalue weighted by molar-refractivity contribution is -0.141. The average Bonchev–Trinajstić information content (AvgIpc) is 2.79. The van der Waals surface area contributed by atoms with Crippen LogP contribution in [0.4, 0.5) is 0 Å². The highest BCUT2D eigenvalue weighted by atomic mass is 32.2. The molecule has 0 heterocycles. The molecule has 0 aromatic heterocycles. The van der Waals surface area contributed by atoms with Gasteiger partial charge in [0.15, 0.2) is 0 Å². The molecule has 7 N–H and O–H groups in total. The average molecular weight is 497 g/mol. The third kappa shape index (κ3) is 10.7. The maximum Gasteiger partial charge on any atom is 0.325 e. The second-order valence-electron chi connectivity index (χ2n) is 7.70. The van der Waals surface area contributed by atoms with Gasteiger partial charge >= 0.3 is 11.9 Å². The second-order valence-corrected chi connectivity index (χ2v) is 8.69. The third-order valence-electron chi connectivity index (χ3n) is 4.89. The number of rotatable bonds is 15. The van der Waals surface area contributed by atoms with Crippen LogP contribution in [0.2, 0.25) is 0 Å². The first kappa shape index (κ1) is 28.9. The number of nitrogens with one attached hydrogen (secondary N) is 3. The van der Waals surface area contributed by atoms with Crippen LogP contribution in [0.15, 0.2) is 30.3 Å². The highest BCUT2D eigenvalue weighted by molar-refractivity contribution is 7.98. The lowest BCUT2D eigenvalue weighted by atomic mass is 10.0. The molecule has 4 unspecified atom stereocenters. The van der Waals surface area contributed by atoms with Crippen LogP contribution in [0, 0.1) is 0 Å². The first-order valence-corrected chi connectivity index (χ1v) is 12.1. The Balaban J connectivity index is 3.03. The maximum absolute atomic E-state index is 13.0. The van der Waals surface area contributed by atoms with E-state index in [-0.39, 0.29) is 12.8 Å². The highest BCUT2D eigenvalue weighted by Crippen LogP contribution is 2.07. The number of thioether (sulfide) groups is 1. The van der Waals surface area contributed by atoms with Crippen molar-refractivity contribution in [3.63, 3.8) is 0 Å². The van der Waals surface area contributed by atoms with Gasteiger partial charge in [-0.15, -0.1) is 0 Å². The summed E-state index contributed by atoms with van der Waals surface area (Å²) < 4.78 is 0. The molecule has 0 bridgehead atoms. The molecule has 34 heavy (non-hydrogen) atoms. The Morgan fingerprint density at radius 2 is 1.50 bits per heavy atom. The first-order chi connectivity index (χ1) is 16.0. The van der Waals surface area contributed by atoms with Crippen LogP contribution in [-0.2, 0) is 30.4 Å². The van der Waals surface area contributed by atoms with Crippen LogP contribution < -0.4 is 21.7 Å². The van der Waals surface area contributed by atoms with Crippen molar-refractivity contribution in [2.75, 3.05) is 12.0 Å². The van der Waals surface area contributed by atoms with Crippen molar-refractivity contribution in [1.29, 1.82) is 0 Å². The Morgan fingerprint density at radius 3 is 2.06 bits per heavy atom. The quantitative estimate of drug-likeness (QED) is 0.190. The number of nitrogens with two attached hydrogens (primary N) is 1. The zero-order chi connectivity index (χ0) is 25.7. The van der Waals surface area contributed by atoms with E-state index in [2.05, 4.69) is 16.0 Å². The molecule has 3 amide bonds. The molecule has 1 aromatic carbocycles. The normalized spacial score (nSPS) is 14.2. The molecule has 0 aliphatic rings. The Hall–Kier alpha value is -3.12. The fourth-order valence-corrected chi connectivity index (χ4v) is 3.39. The molecular weight excluding hydrogens is 464 g/mol. The van der Waals surface area contributed by atoms with Crippen molar-refractivity contribution < 1.29 is 34.2 Å². The van der Waals surface area contributed by atoms with Gasteiger partial charge in [-0.2, -0.15) is 11.8 Å². The number of carbonyl (C=O) groups is 5. The SMILES string of the molecule is CSCCC(N)C(=O)NC(CCC(=O)O)C(=O)NC(Cc1ccccc1)C(=O)NC(C)C(=O)O. The Kier molecular flexibility index (Phi) is 12.7. The molecule has 0 saturated heterocycles. The van der Waals surface area contributed by atoms with Crippen molar-refractivity contribution in [3.8, 4) is 0 Å². The number of hydrogen-bond acceptors (Lipinski definition) is 7. The summed E-state index contributed by atoms with van der Waals surface area (Å²) in [5.41, 5.74) is 6.55. The van der Waals surface area contributed by atoms with Gasteiger partial charge in [0.25, 0.3) is 0 Å². The van der Waals surface area contributed by atoms with E-state index in [0.29, 0.717) is 17.7 Å². The van der Waals surface area contributed by atoms with Crippen molar-refractivity contribution in [2.24, 2.45) is 5.73 Å². The lowest BCUT2D eigenvalue weighted by Crippen LogP contribution is -2.57. The molecule has 1 rings (SSSR count). The standard InChI is InChI=1S/C22H32N4O7S/c1-13(22(32)33)24-21(31)17(12-14-6-4-3-5-7-14)26-20(30)16(8-9-18(27)28)25-19(29)15(23)10-11-34-2/h3-7,13,15-17H,8-12,23H2,1-2H3,(H,24,31)(H,25,29)(H,26,30)(H,27,28)(H,32,33). The van der Waals surface area contributed by atoms with Gasteiger partial charge in [-0.05, 0) is 37.3 Å². The molecular formula is C22H32N4O7S. The van der Waals surface area contributed by atoms with Crippen LogP contribution in [0.1, 0.15) is 31.7 Å². The number of benzene rings is 1. The van der Waals surface area contributed by atoms with Gasteiger partial charge in [0.05, 0.1) is 6.04 Å². The molecule has 0 saturated carbocycles. The van der Waals surface area contributed by atoms with E-state index in [4.69, 9.17) is 15.9 Å². The number of aliphatic carboxylic acids is 2. The Labute approximate surface area is 202 Å². The number of hydrogen-bond donors (Lipinski definition) is 6. The van der Waals surface area contributed by atoms with Gasteiger partial charge in [-0.25, -0.2) is 0 Å². The molecule has 0 radical (unpaired) electrons. The second kappa shape index (κ2) is 14.9. The molecule has 11 nitrogen and oxygen atoms in total. The summed E-state index contributed by atoms with van der Waals surface area (Å²) in [5, 5.41) is 25.4. The van der Waals surface area contributed by atoms with Gasteiger partial charge in [-0.1, -0.05) is 30.3 Å². The van der Waals surface area contributed by atoms with Crippen molar-refractivity contribution >= 4 is 41.4 Å². The first-order valence-electron chi connectivity index (χ1n) is 10.7. The van der Waals surface area contributed by atoms with E-state index >= 15 is 0 Å². The summed E-state index contributed by atoms with van der Waals surface area (Å²) in [4.78, 5) is 60.3. The predicted octanol–water partition coefficient (Wildman–Crippen LogP) is -0.267. The van der Waals surface area contributed by atoms with Gasteiger partial charge in [0, 0.05) is 12.8 Å². The monoisotopic (exact) mass is 496 g/mol. The topological polar surface area (TPSA) is 188 Å². The van der Waals surface area contributed by atoms with Gasteiger partial charge in [-0.3, -0.25) is 24.0 Å². The fraction of sp³-hybridized carbons (Fsp3) is 0.500. The Bertz CT molecular complexity index is 853. The van der Waals surface area contributed by atoms with Crippen LogP contribution >= 0.6 is 11.8 Å². The molecule has 12 heteroatoms. The summed E-state index contributed by atoms with van der Waals surface area (Å²) in [6.45, 7) is 1.29. The van der Waals surface area contributed by atoms with Gasteiger partial charge < -0.3 is 31.9 Å². The molecule has 1 aromatic rings. The minimum Gasteiger partial charge on any atom is -0.481 e. The third-order valence-corrected chi connectivity index (χ3v) is 5.54. The largest absolute Gasteiger partial charge is 0.481 e. The van der Waals surface area contributed by atoms with Gasteiger partial charge in [0.2, 0.25) is 17.7 Å². The lowest BCUT2D eigenvalue weighted by Gasteiger charge is -2.24. The molecule has 0 spiro atoms. The fourth-order valence-electron chi connectivity index (χ4n) is 2.90. The molecule has 4 atom stereocenters. The van der Waals surface area contributed by atoms with Crippen LogP contribution in [0.3, 0.4) is 0 Å². The summed E-state index contributed by atoms with van der Waals surface area (Å²) in [6, 6.07) is 4.27. The molecule has 0 aliphatic carbocycles. The summed E-state index contributed by atoms with van der Waals surface area (Å²) in [5.74, 6) is -3.89. The van der Waals surface area contributed by atoms with E-state index < -0.39 is 60.2 Å². The highest BCUT2D eigenvalue weighted by Gasteiger charge is 2.29. The smallest absolute Gasteiger partial charge is 0.325 e. The summed E-state index contributed by atoms with van der Waals surface area (Å²) >= 11 is 1.50. The molecule has 0 fully saturated rings. The minimum atomic E-state index is -1.25. The van der Waals surface area contributed by atoms with E-state index in [0.717, 1.165) is 0 Å². The summed E-state index contributed by atoms with van der Waals surface area (Å²) in [6.07, 6.45) is 1.66. The van der Waals surface area contributed by atoms with Crippen molar-refractivity contribution in [2.45, 2.75) is 56.8 Å². The van der Waals surface area contributed by atoms with Crippen LogP contribution in [-0.4, -0.2) is 76.0 Å². The van der Waals surface area contributed by atoms with E-state index in [1.165, 1.54) is 18.7 Å². The minimum absolute atomic E-state index is 0.0532. The zero-order valence-corrected chi connectivity index (χ0v) is 20.0. The van der Waals surface area contributed by atoms with Crippen LogP contribution in [0.25, 0.3) is 0 Å². The van der Waals surface area contributed by atoms with E-state index in [1.807, 2.05) is 6.26 Å². The van der Waals surface area contributed by atoms with E-state index in [1.54, 1.807) is 30.3 Å². The van der Waals surface area contributed by atoms with Gasteiger partial charge in [0.1, 0.15) is 18.1 Å². The van der Waals surface area contributed by atoms with E-state index in [9.17, 15) is 24.0 Å². The number of carboxylic acids is 2. The maximum atomic E-state index is 13.0. The molecule has 0 aliphatic heterocycles. The number of carbonyl (C=O) groups excluding carboxylic acids is 3. The summed E-state index contributed by atoms with van der Waals surface area (Å²) in [7, 11) is 0.